The summed E-state index contributed by atoms with van der Waals surface area (Å²) in [6.45, 7) is 2.02. The Morgan fingerprint density at radius 3 is 2.35 bits per heavy atom. The average molecular weight is 435 g/mol. The number of benzene rings is 3. The fourth-order valence-electron chi connectivity index (χ4n) is 3.54. The Hall–Kier alpha value is -3.52. The minimum absolute atomic E-state index is 0.101. The maximum atomic E-state index is 13.5. The van der Waals surface area contributed by atoms with Crippen LogP contribution in [0.2, 0.25) is 0 Å². The fourth-order valence-corrected chi connectivity index (χ4v) is 5.14. The highest BCUT2D eigenvalue weighted by atomic mass is 32.2. The van der Waals surface area contributed by atoms with Gasteiger partial charge in [0.25, 0.3) is 0 Å². The summed E-state index contributed by atoms with van der Waals surface area (Å²) in [5, 5.41) is 13.8. The number of sulfone groups is 1. The first-order valence-electron chi connectivity index (χ1n) is 9.83. The van der Waals surface area contributed by atoms with Crippen LogP contribution in [-0.4, -0.2) is 36.2 Å². The van der Waals surface area contributed by atoms with Crippen molar-refractivity contribution < 1.29 is 13.2 Å². The molecule has 4 aromatic rings. The monoisotopic (exact) mass is 434 g/mol. The van der Waals surface area contributed by atoms with Crippen LogP contribution in [0.15, 0.2) is 71.6 Å². The number of rotatable bonds is 7. The minimum Gasteiger partial charge on any atom is -0.495 e. The van der Waals surface area contributed by atoms with E-state index in [1.54, 1.807) is 12.1 Å². The van der Waals surface area contributed by atoms with Gasteiger partial charge in [0.2, 0.25) is 5.82 Å². The van der Waals surface area contributed by atoms with Crippen molar-refractivity contribution in [2.45, 2.75) is 24.0 Å². The summed E-state index contributed by atoms with van der Waals surface area (Å²) in [5.41, 5.74) is 4.34. The molecule has 0 unspecified atom stereocenters. The molecule has 3 aromatic carbocycles. The average Bonchev–Trinajstić information content (AvgIpc) is 3.34. The minimum atomic E-state index is -3.71. The van der Waals surface area contributed by atoms with Gasteiger partial charge >= 0.3 is 0 Å². The Labute approximate surface area is 181 Å². The molecule has 0 aliphatic rings. The van der Waals surface area contributed by atoms with Gasteiger partial charge in [0.15, 0.2) is 9.84 Å². The van der Waals surface area contributed by atoms with Gasteiger partial charge < -0.3 is 4.74 Å². The summed E-state index contributed by atoms with van der Waals surface area (Å²) in [7, 11) is -2.26. The lowest BCUT2D eigenvalue weighted by Gasteiger charge is -2.14. The number of ether oxygens (including phenoxy) is 1. The lowest BCUT2D eigenvalue weighted by molar-refractivity contribution is 0.403. The number of nitrogens with one attached hydrogen (secondary N) is 1. The summed E-state index contributed by atoms with van der Waals surface area (Å²) >= 11 is 0. The Kier molecular flexibility index (Phi) is 5.81. The predicted octanol–water partition coefficient (Wildman–Crippen LogP) is 4.08. The number of nitrogens with zero attached hydrogens (tertiary/aromatic N) is 3. The summed E-state index contributed by atoms with van der Waals surface area (Å²) in [6, 6.07) is 20.7. The summed E-state index contributed by atoms with van der Waals surface area (Å²) in [6.07, 6.45) is 0.736. The van der Waals surface area contributed by atoms with Gasteiger partial charge in [0.1, 0.15) is 10.6 Å². The van der Waals surface area contributed by atoms with Crippen LogP contribution in [0, 0.1) is 0 Å². The number of aromatic nitrogens is 4. The number of hydrogen-bond acceptors (Lipinski definition) is 6. The Balaban J connectivity index is 1.76. The predicted molar refractivity (Wildman–Crippen MR) is 118 cm³/mol. The normalized spacial score (nSPS) is 11.4. The molecule has 1 heterocycles. The summed E-state index contributed by atoms with van der Waals surface area (Å²) < 4.78 is 32.3. The van der Waals surface area contributed by atoms with E-state index in [0.717, 1.165) is 28.7 Å². The SMILES string of the molecule is CCc1ccc(-c2ccccc2)cc1CS(=O)(=O)c1cc(-c2nn[nH]n2)ccc1OC. The quantitative estimate of drug-likeness (QED) is 0.471. The van der Waals surface area contributed by atoms with Crippen LogP contribution in [0.1, 0.15) is 18.1 Å². The van der Waals surface area contributed by atoms with Crippen molar-refractivity contribution in [3.63, 3.8) is 0 Å². The maximum Gasteiger partial charge on any atom is 0.204 e. The third-order valence-corrected chi connectivity index (χ3v) is 6.82. The second-order valence-electron chi connectivity index (χ2n) is 7.06. The molecule has 0 saturated heterocycles. The second-order valence-corrected chi connectivity index (χ2v) is 9.02. The zero-order chi connectivity index (χ0) is 21.8. The molecule has 8 heteroatoms. The Bertz CT molecular complexity index is 1290. The van der Waals surface area contributed by atoms with Gasteiger partial charge in [0.05, 0.1) is 12.9 Å². The van der Waals surface area contributed by atoms with Gasteiger partial charge in [0, 0.05) is 5.56 Å². The highest BCUT2D eigenvalue weighted by Gasteiger charge is 2.23. The molecule has 0 saturated carbocycles. The van der Waals surface area contributed by atoms with E-state index >= 15 is 0 Å². The molecule has 0 aliphatic carbocycles. The summed E-state index contributed by atoms with van der Waals surface area (Å²) in [5.74, 6) is 0.465. The molecule has 0 spiro atoms. The maximum absolute atomic E-state index is 13.5. The van der Waals surface area contributed by atoms with Gasteiger partial charge in [-0.05, 0) is 58.2 Å². The van der Waals surface area contributed by atoms with Crippen molar-refractivity contribution in [1.82, 2.24) is 20.6 Å². The van der Waals surface area contributed by atoms with Crippen LogP contribution in [0.25, 0.3) is 22.5 Å². The highest BCUT2D eigenvalue weighted by molar-refractivity contribution is 7.90. The molecule has 1 aromatic heterocycles. The molecule has 4 rings (SSSR count). The molecule has 158 valence electrons. The van der Waals surface area contributed by atoms with Crippen LogP contribution < -0.4 is 4.74 Å². The Morgan fingerprint density at radius 2 is 1.68 bits per heavy atom. The van der Waals surface area contributed by atoms with Crippen molar-refractivity contribution in [2.75, 3.05) is 7.11 Å². The zero-order valence-electron chi connectivity index (χ0n) is 17.2. The fraction of sp³-hybridized carbons (Fsp3) is 0.174. The number of H-pyrrole nitrogens is 1. The first-order chi connectivity index (χ1) is 15.0. The van der Waals surface area contributed by atoms with Gasteiger partial charge in [-0.1, -0.05) is 49.4 Å². The van der Waals surface area contributed by atoms with E-state index in [1.807, 2.05) is 55.5 Å². The molecule has 0 fully saturated rings. The van der Waals surface area contributed by atoms with Gasteiger partial charge in [-0.15, -0.1) is 10.2 Å². The van der Waals surface area contributed by atoms with Crippen molar-refractivity contribution in [2.24, 2.45) is 0 Å². The first kappa shape index (κ1) is 20.7. The van der Waals surface area contributed by atoms with Crippen LogP contribution in [0.4, 0.5) is 0 Å². The third-order valence-electron chi connectivity index (χ3n) is 5.14. The first-order valence-corrected chi connectivity index (χ1v) is 11.5. The number of aromatic amines is 1. The Morgan fingerprint density at radius 1 is 0.903 bits per heavy atom. The van der Waals surface area contributed by atoms with Crippen molar-refractivity contribution >= 4 is 9.84 Å². The number of aryl methyl sites for hydroxylation is 1. The zero-order valence-corrected chi connectivity index (χ0v) is 18.1. The van der Waals surface area contributed by atoms with Crippen LogP contribution >= 0.6 is 0 Å². The lowest BCUT2D eigenvalue weighted by Crippen LogP contribution is -2.09. The summed E-state index contributed by atoms with van der Waals surface area (Å²) in [4.78, 5) is 0.101. The molecule has 7 nitrogen and oxygen atoms in total. The molecule has 0 atom stereocenters. The molecular formula is C23H22N4O3S. The van der Waals surface area contributed by atoms with E-state index in [4.69, 9.17) is 4.74 Å². The van der Waals surface area contributed by atoms with Crippen molar-refractivity contribution in [1.29, 1.82) is 0 Å². The van der Waals surface area contributed by atoms with E-state index in [0.29, 0.717) is 11.4 Å². The number of hydrogen-bond donors (Lipinski definition) is 1. The molecule has 0 amide bonds. The standard InChI is InChI=1S/C23H22N4O3S/c1-3-16-9-10-18(17-7-5-4-6-8-17)13-20(16)15-31(28,29)22-14-19(11-12-21(22)30-2)23-24-26-27-25-23/h4-14H,3,15H2,1-2H3,(H,24,25,26,27). The molecular weight excluding hydrogens is 412 g/mol. The topological polar surface area (TPSA) is 97.8 Å². The van der Waals surface area contributed by atoms with E-state index < -0.39 is 9.84 Å². The third kappa shape index (κ3) is 4.34. The van der Waals surface area contributed by atoms with Gasteiger partial charge in [-0.3, -0.25) is 0 Å². The van der Waals surface area contributed by atoms with E-state index in [9.17, 15) is 8.42 Å². The molecule has 1 N–H and O–H groups in total. The van der Waals surface area contributed by atoms with Gasteiger partial charge in [-0.2, -0.15) is 5.21 Å². The number of tetrazole rings is 1. The van der Waals surface area contributed by atoms with Crippen LogP contribution in [0.5, 0.6) is 5.75 Å². The van der Waals surface area contributed by atoms with Crippen LogP contribution in [0.3, 0.4) is 0 Å². The molecule has 0 aliphatic heterocycles. The van der Waals surface area contributed by atoms with Crippen LogP contribution in [-0.2, 0) is 22.0 Å². The highest BCUT2D eigenvalue weighted by Crippen LogP contribution is 2.32. The van der Waals surface area contributed by atoms with Crippen molar-refractivity contribution in [3.8, 4) is 28.3 Å². The molecule has 0 radical (unpaired) electrons. The van der Waals surface area contributed by atoms with Crippen molar-refractivity contribution in [3.05, 3.63) is 77.9 Å². The largest absolute Gasteiger partial charge is 0.495 e. The smallest absolute Gasteiger partial charge is 0.204 e. The second kappa shape index (κ2) is 8.69. The molecule has 31 heavy (non-hydrogen) atoms. The lowest BCUT2D eigenvalue weighted by atomic mass is 9.99. The van der Waals surface area contributed by atoms with E-state index in [-0.39, 0.29) is 16.4 Å². The number of methoxy groups -OCH3 is 1. The van der Waals surface area contributed by atoms with E-state index in [1.165, 1.54) is 13.2 Å². The van der Waals surface area contributed by atoms with Gasteiger partial charge in [-0.25, -0.2) is 8.42 Å². The van der Waals surface area contributed by atoms with E-state index in [2.05, 4.69) is 20.6 Å². The molecule has 0 bridgehead atoms.